The van der Waals surface area contributed by atoms with Crippen LogP contribution in [0.3, 0.4) is 0 Å². The van der Waals surface area contributed by atoms with Crippen molar-refractivity contribution in [1.82, 2.24) is 4.98 Å². The summed E-state index contributed by atoms with van der Waals surface area (Å²) in [6.07, 6.45) is 3.14. The number of thiazole rings is 1. The Morgan fingerprint density at radius 3 is 3.20 bits per heavy atom. The maximum Gasteiger partial charge on any atom is 0.185 e. The van der Waals surface area contributed by atoms with Crippen molar-refractivity contribution in [2.45, 2.75) is 24.5 Å². The molecular formula is C10H15ClN2S2. The molecule has 1 unspecified atom stereocenters. The third-order valence-corrected chi connectivity index (χ3v) is 5.41. The SMILES string of the molecule is CCC1CN(c2ncc(CCl)s2)CCS1. The second kappa shape index (κ2) is 5.41. The van der Waals surface area contributed by atoms with E-state index in [1.807, 2.05) is 6.20 Å². The van der Waals surface area contributed by atoms with Gasteiger partial charge in [-0.3, -0.25) is 0 Å². The van der Waals surface area contributed by atoms with Crippen LogP contribution in [0.5, 0.6) is 0 Å². The number of alkyl halides is 1. The summed E-state index contributed by atoms with van der Waals surface area (Å²) in [4.78, 5) is 7.99. The van der Waals surface area contributed by atoms with Gasteiger partial charge in [0.15, 0.2) is 5.13 Å². The summed E-state index contributed by atoms with van der Waals surface area (Å²) in [7, 11) is 0. The van der Waals surface area contributed by atoms with Gasteiger partial charge in [-0.15, -0.1) is 22.9 Å². The number of thioether (sulfide) groups is 1. The Morgan fingerprint density at radius 2 is 2.53 bits per heavy atom. The molecule has 0 radical (unpaired) electrons. The summed E-state index contributed by atoms with van der Waals surface area (Å²) >= 11 is 9.59. The molecule has 0 bridgehead atoms. The van der Waals surface area contributed by atoms with Gasteiger partial charge in [0.2, 0.25) is 0 Å². The van der Waals surface area contributed by atoms with Crippen LogP contribution < -0.4 is 4.90 Å². The molecule has 1 aromatic rings. The summed E-state index contributed by atoms with van der Waals surface area (Å²) < 4.78 is 0. The molecular weight excluding hydrogens is 248 g/mol. The fourth-order valence-electron chi connectivity index (χ4n) is 1.65. The number of rotatable bonds is 3. The first-order chi connectivity index (χ1) is 7.33. The first-order valence-corrected chi connectivity index (χ1v) is 7.60. The summed E-state index contributed by atoms with van der Waals surface area (Å²) in [5.41, 5.74) is 0. The lowest BCUT2D eigenvalue weighted by molar-refractivity contribution is 0.726. The van der Waals surface area contributed by atoms with Gasteiger partial charge in [0.1, 0.15) is 0 Å². The van der Waals surface area contributed by atoms with Gasteiger partial charge >= 0.3 is 0 Å². The molecule has 2 rings (SSSR count). The second-order valence-electron chi connectivity index (χ2n) is 3.59. The van der Waals surface area contributed by atoms with Crippen LogP contribution in [-0.4, -0.2) is 29.1 Å². The van der Waals surface area contributed by atoms with Crippen LogP contribution in [0, 0.1) is 0 Å². The molecule has 0 amide bonds. The molecule has 84 valence electrons. The van der Waals surface area contributed by atoms with E-state index in [1.165, 1.54) is 12.2 Å². The van der Waals surface area contributed by atoms with Gasteiger partial charge in [-0.25, -0.2) is 4.98 Å². The van der Waals surface area contributed by atoms with Gasteiger partial charge in [0.25, 0.3) is 0 Å². The minimum absolute atomic E-state index is 0.581. The Bertz CT molecular complexity index is 316. The van der Waals surface area contributed by atoms with E-state index < -0.39 is 0 Å². The maximum atomic E-state index is 5.78. The number of hydrogen-bond acceptors (Lipinski definition) is 4. The highest BCUT2D eigenvalue weighted by molar-refractivity contribution is 8.00. The maximum absolute atomic E-state index is 5.78. The van der Waals surface area contributed by atoms with E-state index in [9.17, 15) is 0 Å². The fourth-order valence-corrected chi connectivity index (χ4v) is 3.85. The van der Waals surface area contributed by atoms with Crippen LogP contribution in [0.25, 0.3) is 0 Å². The largest absolute Gasteiger partial charge is 0.346 e. The van der Waals surface area contributed by atoms with Gasteiger partial charge < -0.3 is 4.90 Å². The average Bonchev–Trinajstić information content (AvgIpc) is 2.78. The lowest BCUT2D eigenvalue weighted by atomic mass is 10.3. The second-order valence-corrected chi connectivity index (χ2v) is 6.36. The molecule has 0 aliphatic carbocycles. The van der Waals surface area contributed by atoms with Crippen molar-refractivity contribution in [2.75, 3.05) is 23.7 Å². The van der Waals surface area contributed by atoms with Crippen molar-refractivity contribution >= 4 is 39.8 Å². The molecule has 2 nitrogen and oxygen atoms in total. The van der Waals surface area contributed by atoms with Crippen LogP contribution in [0.4, 0.5) is 5.13 Å². The standard InChI is InChI=1S/C10H15ClN2S2/c1-2-8-7-13(3-4-14-8)10-12-6-9(5-11)15-10/h6,8H,2-5,7H2,1H3. The molecule has 0 saturated carbocycles. The van der Waals surface area contributed by atoms with Crippen molar-refractivity contribution in [1.29, 1.82) is 0 Å². The molecule has 1 aromatic heterocycles. The molecule has 1 saturated heterocycles. The molecule has 1 fully saturated rings. The fraction of sp³-hybridized carbons (Fsp3) is 0.700. The van der Waals surface area contributed by atoms with E-state index in [0.29, 0.717) is 5.88 Å². The van der Waals surface area contributed by atoms with E-state index in [2.05, 4.69) is 28.6 Å². The van der Waals surface area contributed by atoms with Crippen LogP contribution in [0.15, 0.2) is 6.20 Å². The molecule has 1 aliphatic heterocycles. The summed E-state index contributed by atoms with van der Waals surface area (Å²) in [5, 5.41) is 1.91. The molecule has 5 heteroatoms. The van der Waals surface area contributed by atoms with Crippen molar-refractivity contribution < 1.29 is 0 Å². The minimum atomic E-state index is 0.581. The van der Waals surface area contributed by atoms with Crippen molar-refractivity contribution in [3.8, 4) is 0 Å². The Balaban J connectivity index is 2.03. The lowest BCUT2D eigenvalue weighted by Gasteiger charge is -2.31. The predicted molar refractivity (Wildman–Crippen MR) is 70.4 cm³/mol. The van der Waals surface area contributed by atoms with Crippen LogP contribution in [0.2, 0.25) is 0 Å². The van der Waals surface area contributed by atoms with Crippen LogP contribution in [-0.2, 0) is 5.88 Å². The zero-order chi connectivity index (χ0) is 10.7. The number of nitrogens with zero attached hydrogens (tertiary/aromatic N) is 2. The molecule has 0 N–H and O–H groups in total. The first kappa shape index (κ1) is 11.6. The molecule has 2 heterocycles. The topological polar surface area (TPSA) is 16.1 Å². The summed E-state index contributed by atoms with van der Waals surface area (Å²) in [6, 6.07) is 0. The molecule has 1 atom stereocenters. The molecule has 0 spiro atoms. The van der Waals surface area contributed by atoms with Gasteiger partial charge in [0, 0.05) is 35.2 Å². The number of aromatic nitrogens is 1. The Hall–Kier alpha value is 0.0700. The van der Waals surface area contributed by atoms with Crippen molar-refractivity contribution in [2.24, 2.45) is 0 Å². The molecule has 1 aliphatic rings. The van der Waals surface area contributed by atoms with Gasteiger partial charge in [-0.2, -0.15) is 11.8 Å². The highest BCUT2D eigenvalue weighted by Gasteiger charge is 2.20. The predicted octanol–water partition coefficient (Wildman–Crippen LogP) is 3.21. The Kier molecular flexibility index (Phi) is 4.17. The minimum Gasteiger partial charge on any atom is -0.346 e. The molecule has 15 heavy (non-hydrogen) atoms. The van der Waals surface area contributed by atoms with Crippen LogP contribution >= 0.6 is 34.7 Å². The number of anilines is 1. The van der Waals surface area contributed by atoms with E-state index in [4.69, 9.17) is 11.6 Å². The monoisotopic (exact) mass is 262 g/mol. The Labute approximate surface area is 104 Å². The quantitative estimate of drug-likeness (QED) is 0.779. The zero-order valence-corrected chi connectivity index (χ0v) is 11.2. The average molecular weight is 263 g/mol. The van der Waals surface area contributed by atoms with E-state index >= 15 is 0 Å². The lowest BCUT2D eigenvalue weighted by Crippen LogP contribution is -2.37. The van der Waals surface area contributed by atoms with Gasteiger partial charge in [-0.05, 0) is 6.42 Å². The highest BCUT2D eigenvalue weighted by Crippen LogP contribution is 2.29. The number of halogens is 1. The van der Waals surface area contributed by atoms with E-state index in [1.54, 1.807) is 11.3 Å². The third kappa shape index (κ3) is 2.80. The van der Waals surface area contributed by atoms with E-state index in [0.717, 1.165) is 28.3 Å². The molecule has 0 aromatic carbocycles. The normalized spacial score (nSPS) is 22.0. The zero-order valence-electron chi connectivity index (χ0n) is 8.78. The van der Waals surface area contributed by atoms with Crippen molar-refractivity contribution in [3.05, 3.63) is 11.1 Å². The summed E-state index contributed by atoms with van der Waals surface area (Å²) in [5.74, 6) is 1.80. The smallest absolute Gasteiger partial charge is 0.185 e. The van der Waals surface area contributed by atoms with Crippen molar-refractivity contribution in [3.63, 3.8) is 0 Å². The Morgan fingerprint density at radius 1 is 1.67 bits per heavy atom. The third-order valence-electron chi connectivity index (χ3n) is 2.54. The summed E-state index contributed by atoms with van der Waals surface area (Å²) in [6.45, 7) is 4.51. The van der Waals surface area contributed by atoms with E-state index in [-0.39, 0.29) is 0 Å². The number of hydrogen-bond donors (Lipinski definition) is 0. The van der Waals surface area contributed by atoms with Gasteiger partial charge in [0.05, 0.1) is 5.88 Å². The highest BCUT2D eigenvalue weighted by atomic mass is 35.5. The first-order valence-electron chi connectivity index (χ1n) is 5.20. The van der Waals surface area contributed by atoms with Crippen LogP contribution in [0.1, 0.15) is 18.2 Å². The van der Waals surface area contributed by atoms with Gasteiger partial charge in [-0.1, -0.05) is 6.92 Å².